The van der Waals surface area contributed by atoms with E-state index in [0.29, 0.717) is 11.1 Å². The SMILES string of the molecule is Cc1ccc(C(C)NC(=O)c2ccccc2Sc2ccccc2C#N)o1. The van der Waals surface area contributed by atoms with Crippen LogP contribution in [0.4, 0.5) is 0 Å². The molecule has 0 saturated carbocycles. The van der Waals surface area contributed by atoms with Crippen LogP contribution in [0.15, 0.2) is 74.9 Å². The quantitative estimate of drug-likeness (QED) is 0.685. The van der Waals surface area contributed by atoms with Gasteiger partial charge in [0, 0.05) is 9.79 Å². The minimum atomic E-state index is -0.236. The summed E-state index contributed by atoms with van der Waals surface area (Å²) >= 11 is 1.41. The smallest absolute Gasteiger partial charge is 0.253 e. The molecule has 0 saturated heterocycles. The third kappa shape index (κ3) is 3.98. The molecule has 130 valence electrons. The van der Waals surface area contributed by atoms with Crippen molar-refractivity contribution < 1.29 is 9.21 Å². The van der Waals surface area contributed by atoms with Gasteiger partial charge in [0.05, 0.1) is 17.2 Å². The Kier molecular flexibility index (Phi) is 5.45. The van der Waals surface area contributed by atoms with E-state index in [-0.39, 0.29) is 11.9 Å². The van der Waals surface area contributed by atoms with Crippen LogP contribution in [0.3, 0.4) is 0 Å². The lowest BCUT2D eigenvalue weighted by molar-refractivity contribution is 0.0932. The number of furan rings is 1. The minimum absolute atomic E-state index is 0.177. The predicted molar refractivity (Wildman–Crippen MR) is 101 cm³/mol. The van der Waals surface area contributed by atoms with Crippen LogP contribution in [0.25, 0.3) is 0 Å². The lowest BCUT2D eigenvalue weighted by Crippen LogP contribution is -2.26. The van der Waals surface area contributed by atoms with Crippen LogP contribution in [0, 0.1) is 18.3 Å². The average molecular weight is 362 g/mol. The van der Waals surface area contributed by atoms with Crippen molar-refractivity contribution in [1.29, 1.82) is 5.26 Å². The second-order valence-electron chi connectivity index (χ2n) is 5.85. The molecule has 1 heterocycles. The number of nitrogens with zero attached hydrogens (tertiary/aromatic N) is 1. The van der Waals surface area contributed by atoms with Gasteiger partial charge in [0.25, 0.3) is 5.91 Å². The second-order valence-corrected chi connectivity index (χ2v) is 6.93. The van der Waals surface area contributed by atoms with E-state index in [1.807, 2.05) is 62.4 Å². The molecule has 0 radical (unpaired) electrons. The van der Waals surface area contributed by atoms with Gasteiger partial charge in [-0.05, 0) is 50.2 Å². The van der Waals surface area contributed by atoms with Crippen LogP contribution < -0.4 is 5.32 Å². The van der Waals surface area contributed by atoms with E-state index in [0.717, 1.165) is 21.3 Å². The fourth-order valence-corrected chi connectivity index (χ4v) is 3.57. The number of amides is 1. The number of benzene rings is 2. The molecule has 1 N–H and O–H groups in total. The van der Waals surface area contributed by atoms with Crippen molar-refractivity contribution in [2.75, 3.05) is 0 Å². The predicted octanol–water partition coefficient (Wildman–Crippen LogP) is 5.10. The largest absolute Gasteiger partial charge is 0.464 e. The Labute approximate surface area is 156 Å². The number of nitrogens with one attached hydrogen (secondary N) is 1. The topological polar surface area (TPSA) is 66.0 Å². The maximum absolute atomic E-state index is 12.8. The van der Waals surface area contributed by atoms with Crippen LogP contribution in [-0.4, -0.2) is 5.91 Å². The Balaban J connectivity index is 1.82. The van der Waals surface area contributed by atoms with Crippen molar-refractivity contribution in [3.63, 3.8) is 0 Å². The van der Waals surface area contributed by atoms with Crippen molar-refractivity contribution >= 4 is 17.7 Å². The van der Waals surface area contributed by atoms with Gasteiger partial charge < -0.3 is 9.73 Å². The summed E-state index contributed by atoms with van der Waals surface area (Å²) in [7, 11) is 0. The maximum atomic E-state index is 12.8. The van der Waals surface area contributed by atoms with Gasteiger partial charge in [0.2, 0.25) is 0 Å². The lowest BCUT2D eigenvalue weighted by atomic mass is 10.2. The van der Waals surface area contributed by atoms with Gasteiger partial charge in [-0.25, -0.2) is 0 Å². The molecule has 1 amide bonds. The van der Waals surface area contributed by atoms with Crippen molar-refractivity contribution in [1.82, 2.24) is 5.32 Å². The zero-order valence-corrected chi connectivity index (χ0v) is 15.3. The molecule has 2 aromatic carbocycles. The number of rotatable bonds is 5. The summed E-state index contributed by atoms with van der Waals surface area (Å²) < 4.78 is 5.58. The molecule has 1 atom stereocenters. The summed E-state index contributed by atoms with van der Waals surface area (Å²) in [4.78, 5) is 14.4. The van der Waals surface area contributed by atoms with Crippen molar-refractivity contribution in [3.8, 4) is 6.07 Å². The molecule has 5 heteroatoms. The number of nitriles is 1. The second kappa shape index (κ2) is 7.94. The minimum Gasteiger partial charge on any atom is -0.464 e. The van der Waals surface area contributed by atoms with Gasteiger partial charge in [-0.3, -0.25) is 4.79 Å². The average Bonchev–Trinajstić information content (AvgIpc) is 3.09. The molecule has 0 fully saturated rings. The third-order valence-electron chi connectivity index (χ3n) is 3.89. The fraction of sp³-hybridized carbons (Fsp3) is 0.143. The first kappa shape index (κ1) is 17.8. The van der Waals surface area contributed by atoms with Crippen LogP contribution >= 0.6 is 11.8 Å². The molecular formula is C21H18N2O2S. The Morgan fingerprint density at radius 3 is 2.46 bits per heavy atom. The molecule has 0 aliphatic carbocycles. The molecule has 0 bridgehead atoms. The fourth-order valence-electron chi connectivity index (χ4n) is 2.54. The lowest BCUT2D eigenvalue weighted by Gasteiger charge is -2.14. The van der Waals surface area contributed by atoms with Crippen LogP contribution in [-0.2, 0) is 0 Å². The van der Waals surface area contributed by atoms with Crippen LogP contribution in [0.1, 0.15) is 40.4 Å². The Hall–Kier alpha value is -2.97. The van der Waals surface area contributed by atoms with Gasteiger partial charge in [-0.15, -0.1) is 0 Å². The number of carbonyl (C=O) groups is 1. The molecule has 1 unspecified atom stereocenters. The number of hydrogen-bond donors (Lipinski definition) is 1. The first-order chi connectivity index (χ1) is 12.6. The van der Waals surface area contributed by atoms with E-state index in [2.05, 4.69) is 11.4 Å². The van der Waals surface area contributed by atoms with E-state index >= 15 is 0 Å². The van der Waals surface area contributed by atoms with Gasteiger partial charge in [0.15, 0.2) is 0 Å². The zero-order valence-electron chi connectivity index (χ0n) is 14.5. The van der Waals surface area contributed by atoms with Crippen molar-refractivity contribution in [3.05, 3.63) is 83.3 Å². The Morgan fingerprint density at radius 2 is 1.77 bits per heavy atom. The molecular weight excluding hydrogens is 344 g/mol. The first-order valence-electron chi connectivity index (χ1n) is 8.21. The standard InChI is InChI=1S/C21H18N2O2S/c1-14-11-12-18(25-14)15(2)23-21(24)17-8-4-6-10-20(17)26-19-9-5-3-7-16(19)13-22/h3-12,15H,1-2H3,(H,23,24). The summed E-state index contributed by atoms with van der Waals surface area (Å²) in [5.74, 6) is 1.35. The highest BCUT2D eigenvalue weighted by Gasteiger charge is 2.17. The van der Waals surface area contributed by atoms with Gasteiger partial charge >= 0.3 is 0 Å². The van der Waals surface area contributed by atoms with E-state index in [9.17, 15) is 10.1 Å². The maximum Gasteiger partial charge on any atom is 0.253 e. The molecule has 4 nitrogen and oxygen atoms in total. The van der Waals surface area contributed by atoms with Crippen molar-refractivity contribution in [2.24, 2.45) is 0 Å². The van der Waals surface area contributed by atoms with Gasteiger partial charge in [0.1, 0.15) is 17.6 Å². The van der Waals surface area contributed by atoms with Gasteiger partial charge in [-0.2, -0.15) is 5.26 Å². The molecule has 3 aromatic rings. The summed E-state index contributed by atoms with van der Waals surface area (Å²) in [6.07, 6.45) is 0. The monoisotopic (exact) mass is 362 g/mol. The molecule has 26 heavy (non-hydrogen) atoms. The summed E-state index contributed by atoms with van der Waals surface area (Å²) in [6, 6.07) is 20.4. The van der Waals surface area contributed by atoms with Crippen molar-refractivity contribution in [2.45, 2.75) is 29.7 Å². The first-order valence-corrected chi connectivity index (χ1v) is 9.03. The third-order valence-corrected chi connectivity index (χ3v) is 5.05. The highest BCUT2D eigenvalue weighted by Crippen LogP contribution is 2.32. The zero-order chi connectivity index (χ0) is 18.5. The van der Waals surface area contributed by atoms with E-state index < -0.39 is 0 Å². The highest BCUT2D eigenvalue weighted by molar-refractivity contribution is 7.99. The van der Waals surface area contributed by atoms with E-state index in [1.165, 1.54) is 11.8 Å². The summed E-state index contributed by atoms with van der Waals surface area (Å²) in [5, 5.41) is 12.2. The normalized spacial score (nSPS) is 11.6. The molecule has 1 aromatic heterocycles. The Bertz CT molecular complexity index is 972. The van der Waals surface area contributed by atoms with E-state index in [1.54, 1.807) is 12.1 Å². The number of aryl methyl sites for hydroxylation is 1. The molecule has 3 rings (SSSR count). The summed E-state index contributed by atoms with van der Waals surface area (Å²) in [5.41, 5.74) is 1.16. The number of hydrogen-bond acceptors (Lipinski definition) is 4. The molecule has 0 aliphatic rings. The van der Waals surface area contributed by atoms with Gasteiger partial charge in [-0.1, -0.05) is 36.0 Å². The molecule has 0 spiro atoms. The van der Waals surface area contributed by atoms with E-state index in [4.69, 9.17) is 4.42 Å². The van der Waals surface area contributed by atoms with Crippen LogP contribution in [0.5, 0.6) is 0 Å². The molecule has 0 aliphatic heterocycles. The Morgan fingerprint density at radius 1 is 1.08 bits per heavy atom. The number of carbonyl (C=O) groups excluding carboxylic acids is 1. The summed E-state index contributed by atoms with van der Waals surface area (Å²) in [6.45, 7) is 3.76. The van der Waals surface area contributed by atoms with Crippen LogP contribution in [0.2, 0.25) is 0 Å². The highest BCUT2D eigenvalue weighted by atomic mass is 32.2.